The molecule has 0 aliphatic carbocycles. The van der Waals surface area contributed by atoms with Gasteiger partial charge in [-0.15, -0.1) is 11.6 Å². The van der Waals surface area contributed by atoms with E-state index >= 15 is 0 Å². The Morgan fingerprint density at radius 3 is 2.43 bits per heavy atom. The summed E-state index contributed by atoms with van der Waals surface area (Å²) in [7, 11) is 0. The molecule has 0 rings (SSSR count). The van der Waals surface area contributed by atoms with Crippen LogP contribution in [-0.2, 0) is 12.4 Å². The average molecular weight is 155 g/mol. The Kier molecular flexibility index (Phi) is 4.70. The SMILES string of the molecule is S=N/C(CCl)=N\S. The van der Waals surface area contributed by atoms with Crippen LogP contribution < -0.4 is 0 Å². The Labute approximate surface area is 57.7 Å². The number of alkyl halides is 1. The van der Waals surface area contributed by atoms with Crippen LogP contribution >= 0.6 is 24.4 Å². The van der Waals surface area contributed by atoms with E-state index in [4.69, 9.17) is 11.6 Å². The number of hydrogen-bond donors (Lipinski definition) is 1. The zero-order chi connectivity index (χ0) is 5.70. The molecule has 0 atom stereocenters. The lowest BCUT2D eigenvalue weighted by molar-refractivity contribution is 1.64. The molecule has 0 bridgehead atoms. The molecule has 0 heterocycles. The van der Waals surface area contributed by atoms with Crippen LogP contribution in [0.5, 0.6) is 0 Å². The summed E-state index contributed by atoms with van der Waals surface area (Å²) in [5.74, 6) is 0.604. The summed E-state index contributed by atoms with van der Waals surface area (Å²) in [5, 5.41) is 0. The van der Waals surface area contributed by atoms with Crippen molar-refractivity contribution in [2.75, 3.05) is 5.88 Å². The van der Waals surface area contributed by atoms with E-state index in [9.17, 15) is 0 Å². The van der Waals surface area contributed by atoms with Crippen LogP contribution in [0, 0.1) is 0 Å². The van der Waals surface area contributed by atoms with E-state index in [2.05, 4.69) is 34.0 Å². The van der Waals surface area contributed by atoms with Crippen molar-refractivity contribution in [1.29, 1.82) is 0 Å². The van der Waals surface area contributed by atoms with Crippen LogP contribution in [0.4, 0.5) is 0 Å². The minimum absolute atomic E-state index is 0.229. The third-order valence-electron chi connectivity index (χ3n) is 0.340. The summed E-state index contributed by atoms with van der Waals surface area (Å²) in [5.41, 5.74) is 0. The van der Waals surface area contributed by atoms with Crippen molar-refractivity contribution in [3.8, 4) is 0 Å². The van der Waals surface area contributed by atoms with Gasteiger partial charge >= 0.3 is 0 Å². The van der Waals surface area contributed by atoms with Crippen molar-refractivity contribution < 1.29 is 0 Å². The van der Waals surface area contributed by atoms with Crippen molar-refractivity contribution in [3.05, 3.63) is 0 Å². The first-order valence-corrected chi connectivity index (χ1v) is 2.75. The number of rotatable bonds is 1. The molecule has 0 saturated heterocycles. The van der Waals surface area contributed by atoms with Crippen molar-refractivity contribution >= 4 is 42.7 Å². The van der Waals surface area contributed by atoms with Crippen LogP contribution in [0.3, 0.4) is 0 Å². The third-order valence-corrected chi connectivity index (χ3v) is 1.02. The molecule has 0 spiro atoms. The first kappa shape index (κ1) is 7.33. The van der Waals surface area contributed by atoms with Crippen molar-refractivity contribution in [2.45, 2.75) is 0 Å². The molecule has 0 aromatic heterocycles. The molecule has 0 aromatic rings. The molecule has 0 aromatic carbocycles. The predicted octanol–water partition coefficient (Wildman–Crippen LogP) is 1.20. The molecule has 0 fully saturated rings. The summed E-state index contributed by atoms with van der Waals surface area (Å²) in [6, 6.07) is 0. The lowest BCUT2D eigenvalue weighted by atomic mass is 10.7. The molecule has 0 radical (unpaired) electrons. The highest BCUT2D eigenvalue weighted by Crippen LogP contribution is 1.86. The Bertz CT molecular complexity index is 91.7. The van der Waals surface area contributed by atoms with Gasteiger partial charge in [-0.3, -0.25) is 0 Å². The molecule has 0 aliphatic rings. The number of halogens is 1. The summed E-state index contributed by atoms with van der Waals surface area (Å²) < 4.78 is 6.58. The van der Waals surface area contributed by atoms with Gasteiger partial charge in [0.15, 0.2) is 5.84 Å². The normalized spacial score (nSPS) is 11.4. The highest BCUT2D eigenvalue weighted by molar-refractivity contribution is 7.79. The van der Waals surface area contributed by atoms with Gasteiger partial charge in [-0.25, -0.2) is 4.40 Å². The van der Waals surface area contributed by atoms with Crippen molar-refractivity contribution in [2.24, 2.45) is 8.76 Å². The molecule has 2 nitrogen and oxygen atoms in total. The Morgan fingerprint density at radius 2 is 2.43 bits per heavy atom. The quantitative estimate of drug-likeness (QED) is 0.261. The second kappa shape index (κ2) is 4.49. The number of amidine groups is 1. The van der Waals surface area contributed by atoms with Crippen LogP contribution in [0.25, 0.3) is 0 Å². The minimum Gasteiger partial charge on any atom is -0.202 e. The first-order chi connectivity index (χ1) is 3.35. The molecular weight excluding hydrogens is 152 g/mol. The van der Waals surface area contributed by atoms with Gasteiger partial charge < -0.3 is 0 Å². The lowest BCUT2D eigenvalue weighted by Crippen LogP contribution is -1.89. The van der Waals surface area contributed by atoms with Crippen LogP contribution in [0.1, 0.15) is 0 Å². The van der Waals surface area contributed by atoms with E-state index in [0.717, 1.165) is 0 Å². The fourth-order valence-electron chi connectivity index (χ4n) is 0.0694. The van der Waals surface area contributed by atoms with E-state index in [-0.39, 0.29) is 5.88 Å². The monoisotopic (exact) mass is 154 g/mol. The average Bonchev–Trinajstić information content (AvgIpc) is 1.72. The first-order valence-electron chi connectivity index (χ1n) is 1.45. The highest BCUT2D eigenvalue weighted by atomic mass is 35.5. The number of hydrogen-bond acceptors (Lipinski definition) is 3. The van der Waals surface area contributed by atoms with Gasteiger partial charge in [-0.1, -0.05) is 0 Å². The fourth-order valence-corrected chi connectivity index (χ4v) is 0.624. The topological polar surface area (TPSA) is 24.7 Å². The van der Waals surface area contributed by atoms with Gasteiger partial charge in [0.1, 0.15) is 0 Å². The second-order valence-electron chi connectivity index (χ2n) is 0.741. The molecule has 7 heavy (non-hydrogen) atoms. The van der Waals surface area contributed by atoms with E-state index in [1.807, 2.05) is 0 Å². The maximum absolute atomic E-state index is 5.23. The Morgan fingerprint density at radius 1 is 1.86 bits per heavy atom. The fraction of sp³-hybridized carbons (Fsp3) is 0.500. The minimum atomic E-state index is 0.229. The van der Waals surface area contributed by atoms with Gasteiger partial charge in [-0.2, -0.15) is 4.36 Å². The van der Waals surface area contributed by atoms with Crippen molar-refractivity contribution in [3.63, 3.8) is 0 Å². The Balaban J connectivity index is 3.60. The standard InChI is InChI=1S/C2H3ClN2S2/c3-1-2(4-6)5-7/h6H,1H2/b4-2-. The molecule has 0 aliphatic heterocycles. The number of thiol groups is 1. The summed E-state index contributed by atoms with van der Waals surface area (Å²) in [4.78, 5) is 0. The largest absolute Gasteiger partial charge is 0.202 e. The smallest absolute Gasteiger partial charge is 0.164 e. The van der Waals surface area contributed by atoms with Crippen LogP contribution in [0.2, 0.25) is 0 Å². The second-order valence-corrected chi connectivity index (χ2v) is 1.39. The molecule has 0 amide bonds. The Hall–Kier alpha value is 0.330. The summed E-state index contributed by atoms with van der Waals surface area (Å²) >= 11 is 13.0. The lowest BCUT2D eigenvalue weighted by Gasteiger charge is -1.81. The van der Waals surface area contributed by atoms with E-state index in [1.165, 1.54) is 0 Å². The summed E-state index contributed by atoms with van der Waals surface area (Å²) in [6.45, 7) is 0. The maximum atomic E-state index is 5.23. The zero-order valence-electron chi connectivity index (χ0n) is 3.33. The van der Waals surface area contributed by atoms with Crippen LogP contribution in [0.15, 0.2) is 8.76 Å². The summed E-state index contributed by atoms with van der Waals surface area (Å²) in [6.07, 6.45) is 0. The van der Waals surface area contributed by atoms with Gasteiger partial charge in [0.25, 0.3) is 0 Å². The molecule has 0 N–H and O–H groups in total. The zero-order valence-corrected chi connectivity index (χ0v) is 5.80. The highest BCUT2D eigenvalue weighted by Gasteiger charge is 1.86. The molecule has 0 unspecified atom stereocenters. The van der Waals surface area contributed by atoms with E-state index in [0.29, 0.717) is 5.84 Å². The van der Waals surface area contributed by atoms with Gasteiger partial charge in [0.05, 0.1) is 5.88 Å². The van der Waals surface area contributed by atoms with Gasteiger partial charge in [0.2, 0.25) is 0 Å². The van der Waals surface area contributed by atoms with E-state index < -0.39 is 0 Å². The number of nitrogens with zero attached hydrogens (tertiary/aromatic N) is 2. The van der Waals surface area contributed by atoms with Gasteiger partial charge in [-0.05, 0) is 12.8 Å². The van der Waals surface area contributed by atoms with Crippen molar-refractivity contribution in [1.82, 2.24) is 0 Å². The van der Waals surface area contributed by atoms with Crippen LogP contribution in [-0.4, -0.2) is 11.7 Å². The predicted molar refractivity (Wildman–Crippen MR) is 36.9 cm³/mol. The molecule has 0 saturated carbocycles. The molecule has 40 valence electrons. The molecular formula is C2H3ClN2S2. The molecule has 5 heteroatoms. The van der Waals surface area contributed by atoms with Gasteiger partial charge in [0, 0.05) is 12.4 Å². The third kappa shape index (κ3) is 2.96. The van der Waals surface area contributed by atoms with E-state index in [1.54, 1.807) is 0 Å². The maximum Gasteiger partial charge on any atom is 0.164 e.